The van der Waals surface area contributed by atoms with E-state index in [0.717, 1.165) is 21.1 Å². The number of rotatable bonds is 1. The first kappa shape index (κ1) is 14.9. The van der Waals surface area contributed by atoms with Gasteiger partial charge in [-0.15, -0.1) is 0 Å². The second-order valence-corrected chi connectivity index (χ2v) is 5.64. The number of hydrogen-bond acceptors (Lipinski definition) is 0. The third kappa shape index (κ3) is 1.98. The normalized spacial score (nSPS) is 18.5. The second-order valence-electron chi connectivity index (χ2n) is 5.64. The first-order valence-electron chi connectivity index (χ1n) is 7.22. The van der Waals surface area contributed by atoms with Crippen molar-refractivity contribution in [2.24, 2.45) is 0 Å². The summed E-state index contributed by atoms with van der Waals surface area (Å²) in [5, 5.41) is 0. The van der Waals surface area contributed by atoms with Gasteiger partial charge in [-0.2, -0.15) is 13.2 Å². The average Bonchev–Trinajstić information content (AvgIpc) is 3.17. The zero-order chi connectivity index (χ0) is 17.1. The Morgan fingerprint density at radius 2 is 1.83 bits per heavy atom. The van der Waals surface area contributed by atoms with Crippen LogP contribution in [0.4, 0.5) is 21.8 Å². The van der Waals surface area contributed by atoms with Gasteiger partial charge in [0.15, 0.2) is 5.70 Å². The molecule has 122 valence electrons. The third-order valence-corrected chi connectivity index (χ3v) is 4.22. The number of halogens is 5. The maximum absolute atomic E-state index is 14.6. The van der Waals surface area contributed by atoms with Crippen molar-refractivity contribution < 1.29 is 26.3 Å². The van der Waals surface area contributed by atoms with Crippen LogP contribution < -0.4 is 0 Å². The van der Waals surface area contributed by atoms with E-state index in [1.807, 2.05) is 0 Å². The van der Waals surface area contributed by atoms with Crippen LogP contribution in [0.2, 0.25) is 0 Å². The van der Waals surface area contributed by atoms with Crippen molar-refractivity contribution in [1.29, 1.82) is 0 Å². The molecule has 0 saturated heterocycles. The van der Waals surface area contributed by atoms with Crippen LogP contribution in [0.1, 0.15) is 16.8 Å². The SMILES string of the molecule is F[B-]1(F)n2cccc2C(c2cccc(C(F)(F)F)c2)=C2C=CC=[N+]21. The molecule has 0 radical (unpaired) electrons. The lowest BCUT2D eigenvalue weighted by molar-refractivity contribution is -0.356. The van der Waals surface area contributed by atoms with Crippen LogP contribution in [0.3, 0.4) is 0 Å². The minimum absolute atomic E-state index is 0.200. The number of hydrogen-bond donors (Lipinski definition) is 0. The Bertz CT molecular complexity index is 934. The minimum atomic E-state index is -4.50. The molecule has 2 aliphatic heterocycles. The summed E-state index contributed by atoms with van der Waals surface area (Å²) in [7, 11) is 0. The standard InChI is InChI=1S/C16H10BF5N2/c18-16(19,20)12-5-1-4-11(10-12)15-13-6-2-8-23(13)17(21,22)24-9-3-7-14(15)24/h1-10H. The first-order chi connectivity index (χ1) is 11.3. The number of benzene rings is 1. The van der Waals surface area contributed by atoms with Crippen molar-refractivity contribution in [3.63, 3.8) is 0 Å². The van der Waals surface area contributed by atoms with E-state index in [0.29, 0.717) is 5.57 Å². The molecule has 0 N–H and O–H groups in total. The van der Waals surface area contributed by atoms with E-state index in [9.17, 15) is 21.8 Å². The van der Waals surface area contributed by atoms with Crippen molar-refractivity contribution >= 4 is 18.8 Å². The molecule has 8 heteroatoms. The summed E-state index contributed by atoms with van der Waals surface area (Å²) < 4.78 is 69.8. The van der Waals surface area contributed by atoms with E-state index < -0.39 is 18.7 Å². The van der Waals surface area contributed by atoms with Crippen LogP contribution in [0, 0.1) is 0 Å². The average molecular weight is 336 g/mol. The highest BCUT2D eigenvalue weighted by Gasteiger charge is 2.51. The smallest absolute Gasteiger partial charge is 0.396 e. The summed E-state index contributed by atoms with van der Waals surface area (Å²) in [5.74, 6) is 0. The van der Waals surface area contributed by atoms with E-state index in [1.165, 1.54) is 48.8 Å². The van der Waals surface area contributed by atoms with E-state index in [1.54, 1.807) is 0 Å². The van der Waals surface area contributed by atoms with Gasteiger partial charge < -0.3 is 17.6 Å². The quantitative estimate of drug-likeness (QED) is 0.546. The van der Waals surface area contributed by atoms with E-state index >= 15 is 0 Å². The van der Waals surface area contributed by atoms with Crippen LogP contribution >= 0.6 is 0 Å². The van der Waals surface area contributed by atoms with Gasteiger partial charge in [-0.3, -0.25) is 0 Å². The summed E-state index contributed by atoms with van der Waals surface area (Å²) in [4.78, 5) is 0. The Morgan fingerprint density at radius 3 is 2.58 bits per heavy atom. The first-order valence-corrected chi connectivity index (χ1v) is 7.22. The van der Waals surface area contributed by atoms with Crippen molar-refractivity contribution in [3.8, 4) is 0 Å². The van der Waals surface area contributed by atoms with Crippen molar-refractivity contribution in [1.82, 2.24) is 4.48 Å². The van der Waals surface area contributed by atoms with Crippen molar-refractivity contribution in [3.05, 3.63) is 77.3 Å². The predicted octanol–water partition coefficient (Wildman–Crippen LogP) is 4.16. The maximum atomic E-state index is 14.6. The molecule has 3 heterocycles. The van der Waals surface area contributed by atoms with Crippen molar-refractivity contribution in [2.45, 2.75) is 6.18 Å². The minimum Gasteiger partial charge on any atom is -0.396 e. The lowest BCUT2D eigenvalue weighted by Crippen LogP contribution is -2.49. The summed E-state index contributed by atoms with van der Waals surface area (Å²) >= 11 is 0. The van der Waals surface area contributed by atoms with Crippen LogP contribution in [-0.2, 0) is 6.18 Å². The van der Waals surface area contributed by atoms with Gasteiger partial charge in [0.2, 0.25) is 0 Å². The maximum Gasteiger partial charge on any atom is 0.737 e. The third-order valence-electron chi connectivity index (χ3n) is 4.22. The molecule has 2 aliphatic rings. The number of alkyl halides is 3. The monoisotopic (exact) mass is 336 g/mol. The summed E-state index contributed by atoms with van der Waals surface area (Å²) in [5.41, 5.74) is 0.183. The topological polar surface area (TPSA) is 7.94 Å². The van der Waals surface area contributed by atoms with Gasteiger partial charge in [0, 0.05) is 17.8 Å². The zero-order valence-electron chi connectivity index (χ0n) is 12.1. The summed E-state index contributed by atoms with van der Waals surface area (Å²) in [6.45, 7) is -4.06. The Morgan fingerprint density at radius 1 is 1.04 bits per heavy atom. The van der Waals surface area contributed by atoms with E-state index in [-0.39, 0.29) is 17.0 Å². The Balaban J connectivity index is 1.99. The molecule has 0 bridgehead atoms. The van der Waals surface area contributed by atoms with Gasteiger partial charge in [-0.05, 0) is 36.0 Å². The molecule has 2 nitrogen and oxygen atoms in total. The van der Waals surface area contributed by atoms with E-state index in [4.69, 9.17) is 0 Å². The molecule has 0 aliphatic carbocycles. The number of allylic oxidation sites excluding steroid dienone is 2. The van der Waals surface area contributed by atoms with Gasteiger partial charge in [0.05, 0.1) is 11.1 Å². The molecule has 0 unspecified atom stereocenters. The lowest BCUT2D eigenvalue weighted by Gasteiger charge is -2.31. The summed E-state index contributed by atoms with van der Waals surface area (Å²) in [6.07, 6.45) is 0.938. The van der Waals surface area contributed by atoms with Gasteiger partial charge >= 0.3 is 13.1 Å². The number of fused-ring (bicyclic) bond motifs is 2. The zero-order valence-corrected chi connectivity index (χ0v) is 12.1. The molecule has 0 spiro atoms. The summed E-state index contributed by atoms with van der Waals surface area (Å²) in [6, 6.07) is 7.68. The van der Waals surface area contributed by atoms with Crippen LogP contribution in [0.25, 0.3) is 5.57 Å². The fourth-order valence-corrected chi connectivity index (χ4v) is 3.17. The molecular formula is C16H10BF5N2. The molecule has 0 amide bonds. The van der Waals surface area contributed by atoms with Gasteiger partial charge in [0.1, 0.15) is 6.21 Å². The molecule has 0 fully saturated rings. The molecular weight excluding hydrogens is 326 g/mol. The molecule has 0 atom stereocenters. The molecule has 2 aromatic rings. The highest BCUT2D eigenvalue weighted by molar-refractivity contribution is 6.57. The lowest BCUT2D eigenvalue weighted by atomic mass is 9.86. The Hall–Kier alpha value is -2.64. The number of nitrogens with zero attached hydrogens (tertiary/aromatic N) is 2. The molecule has 4 rings (SSSR count). The Labute approximate surface area is 133 Å². The molecule has 1 aromatic carbocycles. The number of aromatic nitrogens is 1. The fourth-order valence-electron chi connectivity index (χ4n) is 3.17. The predicted molar refractivity (Wildman–Crippen MR) is 80.7 cm³/mol. The largest absolute Gasteiger partial charge is 0.737 e. The fraction of sp³-hybridized carbons (Fsp3) is 0.0625. The second kappa shape index (κ2) is 4.69. The molecule has 1 aromatic heterocycles. The highest BCUT2D eigenvalue weighted by atomic mass is 19.4. The van der Waals surface area contributed by atoms with Gasteiger partial charge in [0.25, 0.3) is 0 Å². The van der Waals surface area contributed by atoms with Crippen LogP contribution in [-0.4, -0.2) is 22.1 Å². The van der Waals surface area contributed by atoms with Crippen molar-refractivity contribution in [2.75, 3.05) is 0 Å². The highest BCUT2D eigenvalue weighted by Crippen LogP contribution is 2.39. The van der Waals surface area contributed by atoms with Gasteiger partial charge in [-0.25, -0.2) is 0 Å². The molecule has 24 heavy (non-hydrogen) atoms. The van der Waals surface area contributed by atoms with Gasteiger partial charge in [-0.1, -0.05) is 12.1 Å². The van der Waals surface area contributed by atoms with E-state index in [2.05, 4.69) is 0 Å². The van der Waals surface area contributed by atoms with Crippen LogP contribution in [0.5, 0.6) is 0 Å². The molecule has 0 saturated carbocycles. The Kier molecular flexibility index (Phi) is 2.91. The van der Waals surface area contributed by atoms with Crippen LogP contribution in [0.15, 0.2) is 60.4 Å².